The van der Waals surface area contributed by atoms with Gasteiger partial charge < -0.3 is 25.0 Å². The van der Waals surface area contributed by atoms with Gasteiger partial charge in [-0.1, -0.05) is 6.92 Å². The molecule has 0 aromatic carbocycles. The van der Waals surface area contributed by atoms with Crippen molar-refractivity contribution in [1.29, 1.82) is 0 Å². The van der Waals surface area contributed by atoms with E-state index < -0.39 is 5.60 Å². The van der Waals surface area contributed by atoms with Crippen LogP contribution in [0.5, 0.6) is 0 Å². The maximum absolute atomic E-state index is 12.0. The van der Waals surface area contributed by atoms with Crippen LogP contribution in [0.4, 0.5) is 4.79 Å². The molecule has 7 nitrogen and oxygen atoms in total. The minimum Gasteiger partial charge on any atom is -0.444 e. The maximum Gasteiger partial charge on any atom is 0.410 e. The molecule has 0 radical (unpaired) electrons. The molecule has 0 spiro atoms. The largest absolute Gasteiger partial charge is 0.444 e. The number of aliphatic imine (C=N–C) groups is 1. The van der Waals surface area contributed by atoms with Gasteiger partial charge in [-0.25, -0.2) is 4.79 Å². The highest BCUT2D eigenvalue weighted by Crippen LogP contribution is 2.11. The lowest BCUT2D eigenvalue weighted by molar-refractivity contribution is 0.0278. The third-order valence-corrected chi connectivity index (χ3v) is 3.65. The second kappa shape index (κ2) is 11.8. The van der Waals surface area contributed by atoms with E-state index in [1.807, 2.05) is 20.8 Å². The smallest absolute Gasteiger partial charge is 0.410 e. The minimum atomic E-state index is -0.471. The molecule has 1 heterocycles. The van der Waals surface area contributed by atoms with E-state index in [2.05, 4.69) is 22.5 Å². The molecule has 1 amide bonds. The molecule has 0 bridgehead atoms. The molecule has 0 saturated carbocycles. The summed E-state index contributed by atoms with van der Waals surface area (Å²) >= 11 is 0. The van der Waals surface area contributed by atoms with E-state index in [1.165, 1.54) is 0 Å². The molecule has 0 aliphatic carbocycles. The highest BCUT2D eigenvalue weighted by atomic mass is 127. The Kier molecular flexibility index (Phi) is 11.4. The van der Waals surface area contributed by atoms with Crippen molar-refractivity contribution < 1.29 is 14.3 Å². The lowest BCUT2D eigenvalue weighted by atomic mass is 10.1. The number of amides is 1. The monoisotopic (exact) mass is 470 g/mol. The second-order valence-electron chi connectivity index (χ2n) is 7.44. The third-order valence-electron chi connectivity index (χ3n) is 3.65. The molecule has 2 atom stereocenters. The van der Waals surface area contributed by atoms with Crippen LogP contribution in [0.1, 0.15) is 40.5 Å². The first-order valence-electron chi connectivity index (χ1n) is 8.71. The van der Waals surface area contributed by atoms with E-state index in [0.29, 0.717) is 6.54 Å². The fourth-order valence-corrected chi connectivity index (χ4v) is 2.45. The summed E-state index contributed by atoms with van der Waals surface area (Å²) in [5.41, 5.74) is -0.471. The molecule has 1 fully saturated rings. The van der Waals surface area contributed by atoms with Crippen LogP contribution < -0.4 is 10.6 Å². The van der Waals surface area contributed by atoms with E-state index in [9.17, 15) is 4.79 Å². The van der Waals surface area contributed by atoms with Gasteiger partial charge in [-0.2, -0.15) is 0 Å². The number of carbonyl (C=O) groups is 1. The summed E-state index contributed by atoms with van der Waals surface area (Å²) in [5.74, 6) is 1.03. The first-order chi connectivity index (χ1) is 11.2. The summed E-state index contributed by atoms with van der Waals surface area (Å²) in [5, 5.41) is 6.57. The molecule has 1 aliphatic heterocycles. The number of hydrogen-bond acceptors (Lipinski definition) is 4. The van der Waals surface area contributed by atoms with E-state index in [-0.39, 0.29) is 42.1 Å². The van der Waals surface area contributed by atoms with Gasteiger partial charge in [0.2, 0.25) is 0 Å². The van der Waals surface area contributed by atoms with Gasteiger partial charge in [0, 0.05) is 40.3 Å². The van der Waals surface area contributed by atoms with E-state index in [1.54, 1.807) is 19.0 Å². The molecule has 0 aromatic heterocycles. The van der Waals surface area contributed by atoms with E-state index >= 15 is 0 Å². The summed E-state index contributed by atoms with van der Waals surface area (Å²) in [6, 6.07) is 0. The van der Waals surface area contributed by atoms with Gasteiger partial charge in [-0.05, 0) is 39.5 Å². The van der Waals surface area contributed by atoms with Crippen LogP contribution >= 0.6 is 24.0 Å². The standard InChI is InChI=1S/C17H34N4O3.HI/c1-13(12-21(6)16(22)24-17(2,3)4)10-19-15(18-5)20-11-14-8-7-9-23-14;/h13-14H,7-12H2,1-6H3,(H2,18,19,20);1H. The van der Waals surface area contributed by atoms with Gasteiger partial charge in [-0.3, -0.25) is 4.99 Å². The Hall–Kier alpha value is -0.770. The van der Waals surface area contributed by atoms with Crippen LogP contribution in [0.3, 0.4) is 0 Å². The van der Waals surface area contributed by atoms with Crippen molar-refractivity contribution in [3.63, 3.8) is 0 Å². The van der Waals surface area contributed by atoms with Crippen molar-refractivity contribution in [2.24, 2.45) is 10.9 Å². The Morgan fingerprint density at radius 3 is 2.60 bits per heavy atom. The minimum absolute atomic E-state index is 0. The van der Waals surface area contributed by atoms with Crippen LogP contribution in [-0.2, 0) is 9.47 Å². The molecular weight excluding hydrogens is 435 g/mol. The molecule has 25 heavy (non-hydrogen) atoms. The summed E-state index contributed by atoms with van der Waals surface area (Å²) in [6.45, 7) is 10.6. The highest BCUT2D eigenvalue weighted by Gasteiger charge is 2.21. The third kappa shape index (κ3) is 10.7. The van der Waals surface area contributed by atoms with Gasteiger partial charge >= 0.3 is 6.09 Å². The number of guanidine groups is 1. The normalized spacial score (nSPS) is 19.0. The first-order valence-corrected chi connectivity index (χ1v) is 8.71. The molecule has 2 N–H and O–H groups in total. The second-order valence-corrected chi connectivity index (χ2v) is 7.44. The van der Waals surface area contributed by atoms with Crippen molar-refractivity contribution >= 4 is 36.0 Å². The SMILES string of the molecule is CN=C(NCC(C)CN(C)C(=O)OC(C)(C)C)NCC1CCCO1.I. The van der Waals surface area contributed by atoms with Gasteiger partial charge in [0.15, 0.2) is 5.96 Å². The van der Waals surface area contributed by atoms with Crippen LogP contribution in [-0.4, -0.2) is 69.0 Å². The first kappa shape index (κ1) is 24.2. The lowest BCUT2D eigenvalue weighted by Gasteiger charge is -2.26. The summed E-state index contributed by atoms with van der Waals surface area (Å²) in [7, 11) is 3.51. The predicted octanol–water partition coefficient (Wildman–Crippen LogP) is 2.45. The van der Waals surface area contributed by atoms with Crippen LogP contribution in [0, 0.1) is 5.92 Å². The fraction of sp³-hybridized carbons (Fsp3) is 0.882. The van der Waals surface area contributed by atoms with Crippen LogP contribution in [0.25, 0.3) is 0 Å². The summed E-state index contributed by atoms with van der Waals surface area (Å²) in [6.07, 6.45) is 2.21. The van der Waals surface area contributed by atoms with Gasteiger partial charge in [0.25, 0.3) is 0 Å². The molecule has 2 unspecified atom stereocenters. The molecule has 1 saturated heterocycles. The average Bonchev–Trinajstić information content (AvgIpc) is 2.98. The zero-order valence-corrected chi connectivity index (χ0v) is 18.8. The number of rotatable bonds is 6. The lowest BCUT2D eigenvalue weighted by Crippen LogP contribution is -2.44. The number of halogens is 1. The quantitative estimate of drug-likeness (QED) is 0.355. The number of nitrogens with one attached hydrogen (secondary N) is 2. The maximum atomic E-state index is 12.0. The van der Waals surface area contributed by atoms with Crippen LogP contribution in [0.2, 0.25) is 0 Å². The van der Waals surface area contributed by atoms with E-state index in [0.717, 1.165) is 38.5 Å². The van der Waals surface area contributed by atoms with Crippen molar-refractivity contribution in [2.45, 2.75) is 52.2 Å². The van der Waals surface area contributed by atoms with Crippen LogP contribution in [0.15, 0.2) is 4.99 Å². The summed E-state index contributed by atoms with van der Waals surface area (Å²) < 4.78 is 10.9. The number of hydrogen-bond donors (Lipinski definition) is 2. The highest BCUT2D eigenvalue weighted by molar-refractivity contribution is 14.0. The molecule has 1 aliphatic rings. The van der Waals surface area contributed by atoms with Crippen molar-refractivity contribution in [3.05, 3.63) is 0 Å². The van der Waals surface area contributed by atoms with Gasteiger partial charge in [0.05, 0.1) is 6.10 Å². The Bertz CT molecular complexity index is 421. The number of carbonyl (C=O) groups excluding carboxylic acids is 1. The molecule has 0 aromatic rings. The Labute approximate surface area is 169 Å². The number of ether oxygens (including phenoxy) is 2. The van der Waals surface area contributed by atoms with Crippen molar-refractivity contribution in [3.8, 4) is 0 Å². The summed E-state index contributed by atoms with van der Waals surface area (Å²) in [4.78, 5) is 17.8. The fourth-order valence-electron chi connectivity index (χ4n) is 2.45. The Morgan fingerprint density at radius 2 is 2.08 bits per heavy atom. The molecule has 1 rings (SSSR count). The van der Waals surface area contributed by atoms with Gasteiger partial charge in [0.1, 0.15) is 5.60 Å². The Morgan fingerprint density at radius 1 is 1.40 bits per heavy atom. The zero-order valence-electron chi connectivity index (χ0n) is 16.4. The van der Waals surface area contributed by atoms with Crippen molar-refractivity contribution in [1.82, 2.24) is 15.5 Å². The average molecular weight is 470 g/mol. The van der Waals surface area contributed by atoms with Gasteiger partial charge in [-0.15, -0.1) is 24.0 Å². The zero-order chi connectivity index (χ0) is 18.2. The van der Waals surface area contributed by atoms with Crippen molar-refractivity contribution in [2.75, 3.05) is 40.3 Å². The molecule has 8 heteroatoms. The number of nitrogens with zero attached hydrogens (tertiary/aromatic N) is 2. The van der Waals surface area contributed by atoms with E-state index in [4.69, 9.17) is 9.47 Å². The Balaban J connectivity index is 0.00000576. The molecular formula is C17H35IN4O3. The topological polar surface area (TPSA) is 75.2 Å². The predicted molar refractivity (Wildman–Crippen MR) is 112 cm³/mol. The molecule has 148 valence electrons.